The second kappa shape index (κ2) is 10.6. The van der Waals surface area contributed by atoms with Crippen LogP contribution < -0.4 is 15.6 Å². The summed E-state index contributed by atoms with van der Waals surface area (Å²) in [4.78, 5) is 26.1. The van der Waals surface area contributed by atoms with Gasteiger partial charge in [-0.05, 0) is 77.4 Å². The van der Waals surface area contributed by atoms with E-state index < -0.39 is 8.32 Å². The first-order valence-electron chi connectivity index (χ1n) is 16.0. The Morgan fingerprint density at radius 2 is 1.33 bits per heavy atom. The Hall–Kier alpha value is -3.08. The van der Waals surface area contributed by atoms with Crippen molar-refractivity contribution in [3.05, 3.63) is 103 Å². The molecule has 0 aromatic heterocycles. The zero-order chi connectivity index (χ0) is 29.0. The highest BCUT2D eigenvalue weighted by molar-refractivity contribution is 7.07. The number of carbonyl (C=O) groups excluding carboxylic acids is 2. The molecule has 0 N–H and O–H groups in total. The van der Waals surface area contributed by atoms with Crippen molar-refractivity contribution in [3.63, 3.8) is 0 Å². The molecule has 0 saturated heterocycles. The second-order valence-electron chi connectivity index (χ2n) is 13.7. The molecule has 0 spiro atoms. The van der Waals surface area contributed by atoms with Gasteiger partial charge in [0.05, 0.1) is 0 Å². The molecule has 4 heteroatoms. The minimum Gasteiger partial charge on any atom is -0.403 e. The summed E-state index contributed by atoms with van der Waals surface area (Å²) < 4.78 is 7.72. The van der Waals surface area contributed by atoms with Crippen LogP contribution in [0, 0.1) is 34.5 Å². The largest absolute Gasteiger partial charge is 0.403 e. The van der Waals surface area contributed by atoms with E-state index in [1.165, 1.54) is 21.1 Å². The van der Waals surface area contributed by atoms with Crippen LogP contribution in [0.3, 0.4) is 0 Å². The van der Waals surface area contributed by atoms with Gasteiger partial charge in [-0.3, -0.25) is 9.59 Å². The molecular formula is C38H42O3Si. The number of carbonyl (C=O) groups is 2. The quantitative estimate of drug-likeness (QED) is 0.268. The third-order valence-electron chi connectivity index (χ3n) is 11.9. The summed E-state index contributed by atoms with van der Waals surface area (Å²) in [7, 11) is -2.91. The van der Waals surface area contributed by atoms with Crippen LogP contribution in [0.5, 0.6) is 0 Å². The van der Waals surface area contributed by atoms with Gasteiger partial charge in [0.2, 0.25) is 0 Å². The van der Waals surface area contributed by atoms with Crippen LogP contribution >= 0.6 is 0 Å². The molecule has 4 aliphatic rings. The molecule has 3 saturated carbocycles. The van der Waals surface area contributed by atoms with E-state index in [4.69, 9.17) is 4.43 Å². The van der Waals surface area contributed by atoms with Gasteiger partial charge >= 0.3 is 0 Å². The van der Waals surface area contributed by atoms with Crippen molar-refractivity contribution in [2.45, 2.75) is 58.8 Å². The summed E-state index contributed by atoms with van der Waals surface area (Å²) in [5.41, 5.74) is 0.951. The van der Waals surface area contributed by atoms with E-state index in [-0.39, 0.29) is 22.5 Å². The van der Waals surface area contributed by atoms with Gasteiger partial charge in [-0.1, -0.05) is 110 Å². The fourth-order valence-electron chi connectivity index (χ4n) is 9.86. The van der Waals surface area contributed by atoms with Crippen LogP contribution in [-0.2, 0) is 14.0 Å². The number of hydrogen-bond donors (Lipinski definition) is 0. The lowest BCUT2D eigenvalue weighted by molar-refractivity contribution is -0.136. The molecule has 6 atom stereocenters. The second-order valence-corrected chi connectivity index (χ2v) is 17.1. The van der Waals surface area contributed by atoms with Crippen LogP contribution in [0.1, 0.15) is 58.8 Å². The highest BCUT2D eigenvalue weighted by atomic mass is 28.4. The van der Waals surface area contributed by atoms with Crippen molar-refractivity contribution < 1.29 is 14.0 Å². The Balaban J connectivity index is 1.38. The molecule has 3 fully saturated rings. The fourth-order valence-corrected chi connectivity index (χ4v) is 13.8. The van der Waals surface area contributed by atoms with Crippen molar-refractivity contribution >= 4 is 35.4 Å². The predicted molar refractivity (Wildman–Crippen MR) is 171 cm³/mol. The molecule has 0 amide bonds. The number of hydrogen-bond acceptors (Lipinski definition) is 3. The lowest BCUT2D eigenvalue weighted by Crippen LogP contribution is -2.70. The van der Waals surface area contributed by atoms with Gasteiger partial charge in [0.15, 0.2) is 5.78 Å². The number of ketones is 2. The molecule has 0 radical (unpaired) electrons. The molecule has 0 heterocycles. The van der Waals surface area contributed by atoms with Crippen LogP contribution in [0.15, 0.2) is 103 Å². The minimum absolute atomic E-state index is 0.172. The molecule has 3 nitrogen and oxygen atoms in total. The van der Waals surface area contributed by atoms with Crippen LogP contribution in [0.25, 0.3) is 0 Å². The molecule has 0 bridgehead atoms. The number of rotatable bonds is 6. The fraction of sp³-hybridized carbons (Fsp3) is 0.421. The van der Waals surface area contributed by atoms with Crippen molar-refractivity contribution in [1.29, 1.82) is 0 Å². The van der Waals surface area contributed by atoms with Crippen LogP contribution in [0.4, 0.5) is 0 Å². The van der Waals surface area contributed by atoms with E-state index >= 15 is 0 Å². The van der Waals surface area contributed by atoms with Crippen molar-refractivity contribution in [2.75, 3.05) is 6.61 Å². The number of fused-ring (bicyclic) bond motifs is 5. The van der Waals surface area contributed by atoms with E-state index in [1.807, 2.05) is 6.08 Å². The summed E-state index contributed by atoms with van der Waals surface area (Å²) in [6.45, 7) is 5.17. The first kappa shape index (κ1) is 27.7. The maximum Gasteiger partial charge on any atom is 0.288 e. The monoisotopic (exact) mass is 574 g/mol. The maximum absolute atomic E-state index is 13.1. The van der Waals surface area contributed by atoms with Gasteiger partial charge in [0, 0.05) is 30.3 Å². The zero-order valence-electron chi connectivity index (χ0n) is 24.9. The standard InChI is InChI=1S/C38H42O3Si/c1-27-24-29(39)25-28-18-19-33-34-20-21-36(40)37(34,2)23-22-35(33)38(27,28)26-41-42(30-12-6-3-7-13-30,31-14-8-4-9-15-31)32-16-10-5-11-17-32/h3-17,25,27,33-35H,18-24,26H2,1-2H3/t27-,33+,34+,35+,37+,38+/m1/s1. The van der Waals surface area contributed by atoms with Gasteiger partial charge in [-0.15, -0.1) is 0 Å². The lowest BCUT2D eigenvalue weighted by atomic mass is 9.45. The molecule has 3 aromatic rings. The summed E-state index contributed by atoms with van der Waals surface area (Å²) in [5, 5.41) is 3.73. The molecular weight excluding hydrogens is 533 g/mol. The van der Waals surface area contributed by atoms with Crippen molar-refractivity contribution in [1.82, 2.24) is 0 Å². The summed E-state index contributed by atoms with van der Waals surface area (Å²) in [6.07, 6.45) is 8.37. The Labute approximate surface area is 251 Å². The Kier molecular flexibility index (Phi) is 6.98. The van der Waals surface area contributed by atoms with Gasteiger partial charge < -0.3 is 4.43 Å². The molecule has 3 aromatic carbocycles. The van der Waals surface area contributed by atoms with Gasteiger partial charge in [-0.25, -0.2) is 0 Å². The summed E-state index contributed by atoms with van der Waals surface area (Å²) in [5.74, 6) is 2.33. The number of Topliss-reactive ketones (excluding diaryl/α,β-unsaturated/α-hetero) is 1. The maximum atomic E-state index is 13.1. The third kappa shape index (κ3) is 4.09. The summed E-state index contributed by atoms with van der Waals surface area (Å²) >= 11 is 0. The Bertz CT molecular complexity index is 1400. The van der Waals surface area contributed by atoms with E-state index in [0.717, 1.165) is 38.5 Å². The summed E-state index contributed by atoms with van der Waals surface area (Å²) in [6, 6.07) is 32.5. The zero-order valence-corrected chi connectivity index (χ0v) is 25.9. The predicted octanol–water partition coefficient (Wildman–Crippen LogP) is 6.00. The first-order chi connectivity index (χ1) is 20.4. The Morgan fingerprint density at radius 1 is 0.762 bits per heavy atom. The van der Waals surface area contributed by atoms with Crippen LogP contribution in [0.2, 0.25) is 0 Å². The molecule has 216 valence electrons. The topological polar surface area (TPSA) is 43.4 Å². The SMILES string of the molecule is C[C@@H]1CC(=O)C=C2CC[C@@H]3[C@H](CC[C@]4(C)C(=O)CC[C@@H]34)[C@]21CO[Si](c1ccccc1)(c1ccccc1)c1ccccc1. The normalized spacial score (nSPS) is 32.5. The highest BCUT2D eigenvalue weighted by Gasteiger charge is 2.62. The molecule has 7 rings (SSSR count). The molecule has 0 aliphatic heterocycles. The average molecular weight is 575 g/mol. The van der Waals surface area contributed by atoms with Gasteiger partial charge in [-0.2, -0.15) is 0 Å². The van der Waals surface area contributed by atoms with Crippen molar-refractivity contribution in [3.8, 4) is 0 Å². The highest BCUT2D eigenvalue weighted by Crippen LogP contribution is 2.65. The minimum atomic E-state index is -2.91. The number of benzene rings is 3. The van der Waals surface area contributed by atoms with E-state index in [2.05, 4.69) is 105 Å². The van der Waals surface area contributed by atoms with Gasteiger partial charge in [0.1, 0.15) is 5.78 Å². The van der Waals surface area contributed by atoms with Crippen LogP contribution in [-0.4, -0.2) is 26.5 Å². The molecule has 4 aliphatic carbocycles. The Morgan fingerprint density at radius 3 is 1.90 bits per heavy atom. The van der Waals surface area contributed by atoms with E-state index in [0.29, 0.717) is 36.6 Å². The van der Waals surface area contributed by atoms with E-state index in [1.54, 1.807) is 0 Å². The van der Waals surface area contributed by atoms with E-state index in [9.17, 15) is 9.59 Å². The lowest BCUT2D eigenvalue weighted by Gasteiger charge is -2.60. The van der Waals surface area contributed by atoms with Crippen molar-refractivity contribution in [2.24, 2.45) is 34.5 Å². The smallest absolute Gasteiger partial charge is 0.288 e. The molecule has 42 heavy (non-hydrogen) atoms. The average Bonchev–Trinajstić information content (AvgIpc) is 3.33. The molecule has 0 unspecified atom stereocenters. The third-order valence-corrected chi connectivity index (χ3v) is 16.0. The van der Waals surface area contributed by atoms with Gasteiger partial charge in [0.25, 0.3) is 8.32 Å². The first-order valence-corrected chi connectivity index (χ1v) is 17.9.